The smallest absolute Gasteiger partial charge is 0.422 e. The summed E-state index contributed by atoms with van der Waals surface area (Å²) in [7, 11) is 0. The molecule has 0 radical (unpaired) electrons. The fourth-order valence-electron chi connectivity index (χ4n) is 2.63. The van der Waals surface area contributed by atoms with Gasteiger partial charge in [-0.05, 0) is 47.7 Å². The number of halogens is 3. The summed E-state index contributed by atoms with van der Waals surface area (Å²) in [4.78, 5) is 21.4. The van der Waals surface area contributed by atoms with E-state index in [1.807, 2.05) is 19.1 Å². The van der Waals surface area contributed by atoms with Crippen molar-refractivity contribution in [3.05, 3.63) is 76.5 Å². The Bertz CT molecular complexity index is 1010. The van der Waals surface area contributed by atoms with E-state index in [0.29, 0.717) is 28.7 Å². The molecule has 9 heteroatoms. The van der Waals surface area contributed by atoms with E-state index in [9.17, 15) is 18.0 Å². The van der Waals surface area contributed by atoms with E-state index < -0.39 is 12.8 Å². The molecular formula is C20H18F3N3O2S. The molecule has 0 aliphatic carbocycles. The van der Waals surface area contributed by atoms with Gasteiger partial charge in [-0.1, -0.05) is 18.7 Å². The summed E-state index contributed by atoms with van der Waals surface area (Å²) in [5.41, 5.74) is 1.87. The number of nitrogens with zero attached hydrogens (tertiary/aromatic N) is 3. The van der Waals surface area contributed by atoms with Crippen molar-refractivity contribution in [2.75, 3.05) is 12.4 Å². The van der Waals surface area contributed by atoms with Crippen molar-refractivity contribution in [1.82, 2.24) is 14.5 Å². The highest BCUT2D eigenvalue weighted by atomic mass is 32.2. The van der Waals surface area contributed by atoms with E-state index in [-0.39, 0.29) is 11.3 Å². The Morgan fingerprint density at radius 3 is 2.41 bits per heavy atom. The first-order chi connectivity index (χ1) is 13.9. The first-order valence-electron chi connectivity index (χ1n) is 8.80. The van der Waals surface area contributed by atoms with Crippen molar-refractivity contribution in [3.8, 4) is 11.4 Å². The predicted octanol–water partition coefficient (Wildman–Crippen LogP) is 4.27. The Morgan fingerprint density at radius 2 is 1.79 bits per heavy atom. The summed E-state index contributed by atoms with van der Waals surface area (Å²) in [5.74, 6) is 0.781. The SMILES string of the molecule is CCSc1nc(Cc2ccncc2)cc(=O)n1-c1ccc(OCC(F)(F)F)cc1. The zero-order chi connectivity index (χ0) is 20.9. The van der Waals surface area contributed by atoms with Gasteiger partial charge in [-0.2, -0.15) is 13.2 Å². The molecule has 0 atom stereocenters. The highest BCUT2D eigenvalue weighted by molar-refractivity contribution is 7.99. The van der Waals surface area contributed by atoms with Crippen LogP contribution >= 0.6 is 11.8 Å². The summed E-state index contributed by atoms with van der Waals surface area (Å²) < 4.78 is 43.0. The van der Waals surface area contributed by atoms with Crippen LogP contribution in [0.1, 0.15) is 18.2 Å². The molecule has 0 amide bonds. The number of hydrogen-bond acceptors (Lipinski definition) is 5. The Balaban J connectivity index is 1.89. The molecule has 0 fully saturated rings. The average molecular weight is 421 g/mol. The lowest BCUT2D eigenvalue weighted by Gasteiger charge is -2.14. The van der Waals surface area contributed by atoms with E-state index in [1.165, 1.54) is 46.7 Å². The number of benzene rings is 1. The molecule has 3 aromatic rings. The van der Waals surface area contributed by atoms with Crippen molar-refractivity contribution < 1.29 is 17.9 Å². The van der Waals surface area contributed by atoms with Crippen molar-refractivity contribution >= 4 is 11.8 Å². The number of thioether (sulfide) groups is 1. The van der Waals surface area contributed by atoms with Crippen LogP contribution in [0.15, 0.2) is 64.8 Å². The number of pyridine rings is 1. The van der Waals surface area contributed by atoms with Crippen LogP contribution in [0.4, 0.5) is 13.2 Å². The summed E-state index contributed by atoms with van der Waals surface area (Å²) in [6.45, 7) is 0.583. The number of rotatable bonds is 7. The number of aromatic nitrogens is 3. The van der Waals surface area contributed by atoms with Gasteiger partial charge in [0.2, 0.25) is 0 Å². The molecule has 2 aromatic heterocycles. The molecule has 2 heterocycles. The van der Waals surface area contributed by atoms with Gasteiger partial charge in [0.05, 0.1) is 11.4 Å². The van der Waals surface area contributed by atoms with Gasteiger partial charge >= 0.3 is 6.18 Å². The first-order valence-corrected chi connectivity index (χ1v) is 9.79. The molecule has 0 spiro atoms. The average Bonchev–Trinajstić information content (AvgIpc) is 2.67. The highest BCUT2D eigenvalue weighted by Gasteiger charge is 2.28. The van der Waals surface area contributed by atoms with Crippen LogP contribution in [0.3, 0.4) is 0 Å². The molecule has 0 saturated carbocycles. The molecule has 152 valence electrons. The minimum atomic E-state index is -4.41. The maximum atomic E-state index is 12.8. The lowest BCUT2D eigenvalue weighted by molar-refractivity contribution is -0.153. The van der Waals surface area contributed by atoms with Crippen molar-refractivity contribution in [2.45, 2.75) is 24.7 Å². The molecule has 29 heavy (non-hydrogen) atoms. The van der Waals surface area contributed by atoms with E-state index in [1.54, 1.807) is 12.4 Å². The van der Waals surface area contributed by atoms with Crippen LogP contribution in [0.25, 0.3) is 5.69 Å². The molecule has 0 N–H and O–H groups in total. The third-order valence-electron chi connectivity index (χ3n) is 3.85. The molecule has 0 aliphatic heterocycles. The third kappa shape index (κ3) is 5.83. The summed E-state index contributed by atoms with van der Waals surface area (Å²) in [6.07, 6.45) is -0.545. The molecule has 0 aliphatic rings. The van der Waals surface area contributed by atoms with Crippen molar-refractivity contribution in [1.29, 1.82) is 0 Å². The maximum absolute atomic E-state index is 12.8. The van der Waals surface area contributed by atoms with Crippen LogP contribution in [-0.4, -0.2) is 33.1 Å². The standard InChI is InChI=1S/C20H18F3N3O2S/c1-2-29-19-25-15(11-14-7-9-24-10-8-14)12-18(27)26(19)16-3-5-17(6-4-16)28-13-20(21,22)23/h3-10,12H,2,11,13H2,1H3. The molecule has 0 saturated heterocycles. The second kappa shape index (κ2) is 9.13. The normalized spacial score (nSPS) is 11.4. The van der Waals surface area contributed by atoms with Gasteiger partial charge in [-0.15, -0.1) is 0 Å². The Morgan fingerprint density at radius 1 is 1.10 bits per heavy atom. The van der Waals surface area contributed by atoms with Gasteiger partial charge in [0, 0.05) is 24.9 Å². The molecule has 3 rings (SSSR count). The first kappa shape index (κ1) is 20.9. The van der Waals surface area contributed by atoms with E-state index in [0.717, 1.165) is 5.56 Å². The van der Waals surface area contributed by atoms with E-state index in [2.05, 4.69) is 9.97 Å². The number of hydrogen-bond donors (Lipinski definition) is 0. The predicted molar refractivity (Wildman–Crippen MR) is 105 cm³/mol. The maximum Gasteiger partial charge on any atom is 0.422 e. The second-order valence-electron chi connectivity index (χ2n) is 6.07. The van der Waals surface area contributed by atoms with Crippen LogP contribution < -0.4 is 10.3 Å². The monoisotopic (exact) mass is 421 g/mol. The Labute approximate surface area is 169 Å². The van der Waals surface area contributed by atoms with Crippen molar-refractivity contribution in [2.24, 2.45) is 0 Å². The highest BCUT2D eigenvalue weighted by Crippen LogP contribution is 2.23. The number of ether oxygens (including phenoxy) is 1. The Hall–Kier alpha value is -2.81. The van der Waals surface area contributed by atoms with Crippen LogP contribution in [0.5, 0.6) is 5.75 Å². The van der Waals surface area contributed by atoms with Gasteiger partial charge in [0.1, 0.15) is 5.75 Å². The molecular weight excluding hydrogens is 403 g/mol. The molecule has 0 bridgehead atoms. The minimum absolute atomic E-state index is 0.0751. The number of alkyl halides is 3. The quantitative estimate of drug-likeness (QED) is 0.421. The lowest BCUT2D eigenvalue weighted by atomic mass is 10.1. The Kier molecular flexibility index (Phi) is 6.58. The minimum Gasteiger partial charge on any atom is -0.484 e. The van der Waals surface area contributed by atoms with Crippen LogP contribution in [0, 0.1) is 0 Å². The van der Waals surface area contributed by atoms with Crippen molar-refractivity contribution in [3.63, 3.8) is 0 Å². The fourth-order valence-corrected chi connectivity index (χ4v) is 3.39. The summed E-state index contributed by atoms with van der Waals surface area (Å²) >= 11 is 1.41. The lowest BCUT2D eigenvalue weighted by Crippen LogP contribution is -2.22. The second-order valence-corrected chi connectivity index (χ2v) is 7.30. The van der Waals surface area contributed by atoms with Gasteiger partial charge in [0.15, 0.2) is 11.8 Å². The van der Waals surface area contributed by atoms with E-state index in [4.69, 9.17) is 4.74 Å². The molecule has 5 nitrogen and oxygen atoms in total. The largest absolute Gasteiger partial charge is 0.484 e. The third-order valence-corrected chi connectivity index (χ3v) is 4.67. The molecule has 0 unspecified atom stereocenters. The molecule has 1 aromatic carbocycles. The summed E-state index contributed by atoms with van der Waals surface area (Å²) in [6, 6.07) is 11.1. The van der Waals surface area contributed by atoms with E-state index >= 15 is 0 Å². The van der Waals surface area contributed by atoms with Crippen LogP contribution in [-0.2, 0) is 6.42 Å². The van der Waals surface area contributed by atoms with Crippen LogP contribution in [0.2, 0.25) is 0 Å². The van der Waals surface area contributed by atoms with Gasteiger partial charge < -0.3 is 4.74 Å². The van der Waals surface area contributed by atoms with Gasteiger partial charge in [0.25, 0.3) is 5.56 Å². The van der Waals surface area contributed by atoms with Gasteiger partial charge in [-0.25, -0.2) is 4.98 Å². The zero-order valence-electron chi connectivity index (χ0n) is 15.5. The summed E-state index contributed by atoms with van der Waals surface area (Å²) in [5, 5.41) is 0.521. The topological polar surface area (TPSA) is 57.0 Å². The zero-order valence-corrected chi connectivity index (χ0v) is 16.3. The fraction of sp³-hybridized carbons (Fsp3) is 0.250. The van der Waals surface area contributed by atoms with Gasteiger partial charge in [-0.3, -0.25) is 14.3 Å².